The normalized spacial score (nSPS) is 11.2. The molecule has 0 saturated carbocycles. The van der Waals surface area contributed by atoms with E-state index in [2.05, 4.69) is 46.3 Å². The number of nitrogens with zero attached hydrogens (tertiary/aromatic N) is 6. The lowest BCUT2D eigenvalue weighted by atomic mass is 10.1. The number of rotatable bonds is 10. The molecule has 64 heavy (non-hydrogen) atoms. The number of carbonyl (C=O) groups is 3. The van der Waals surface area contributed by atoms with Crippen molar-refractivity contribution >= 4 is 95.6 Å². The summed E-state index contributed by atoms with van der Waals surface area (Å²) in [5.74, 6) is -2.20. The fourth-order valence-electron chi connectivity index (χ4n) is 5.08. The molecule has 26 heteroatoms. The minimum absolute atomic E-state index is 0.00882. The Bertz CT molecular complexity index is 2820. The van der Waals surface area contributed by atoms with Crippen LogP contribution in [0.15, 0.2) is 76.2 Å². The average molecular weight is 1040 g/mol. The van der Waals surface area contributed by atoms with E-state index in [4.69, 9.17) is 54.1 Å². The number of methoxy groups -OCH3 is 1. The highest BCUT2D eigenvalue weighted by atomic mass is 79.9. The van der Waals surface area contributed by atoms with E-state index in [9.17, 15) is 40.4 Å². The molecule has 0 aliphatic carbocycles. The first kappa shape index (κ1) is 50.8. The topological polar surface area (TPSA) is 227 Å². The number of halogens is 8. The Hall–Kier alpha value is -5.88. The largest absolute Gasteiger partial charge is 0.480 e. The van der Waals surface area contributed by atoms with E-state index >= 15 is 0 Å². The smallest absolute Gasteiger partial charge is 0.434 e. The minimum Gasteiger partial charge on any atom is -0.480 e. The van der Waals surface area contributed by atoms with Crippen LogP contribution in [0.5, 0.6) is 11.8 Å². The molecule has 6 aromatic rings. The molecule has 3 heterocycles. The monoisotopic (exact) mass is 1040 g/mol. The van der Waals surface area contributed by atoms with Gasteiger partial charge in [-0.1, -0.05) is 46.9 Å². The molecule has 0 spiro atoms. The van der Waals surface area contributed by atoms with E-state index in [1.54, 1.807) is 57.3 Å². The SMILES string of the molecule is CC(C)OC(=O)c1cc(-c2nn(C)c(C(F)(F)F)c2Br)c(F)cc1Cl.COc1nc(C)nc(NC(=O)NS(=O)(=O)c2ccccc2Cl)n1.O=C(O)COc1ccc(Cl)c2cccnc12. The number of pyridine rings is 1. The Balaban J connectivity index is 0.000000215. The molecular weight excluding hydrogens is 1010 g/mol. The van der Waals surface area contributed by atoms with Crippen LogP contribution in [0.25, 0.3) is 22.2 Å². The predicted molar refractivity (Wildman–Crippen MR) is 229 cm³/mol. The zero-order valence-electron chi connectivity index (χ0n) is 33.5. The maximum absolute atomic E-state index is 14.3. The molecule has 0 aliphatic heterocycles. The fraction of sp³-hybridized carbons (Fsp3) is 0.211. The van der Waals surface area contributed by atoms with Crippen LogP contribution in [0.3, 0.4) is 0 Å². The summed E-state index contributed by atoms with van der Waals surface area (Å²) in [6, 6.07) is 13.4. The van der Waals surface area contributed by atoms with Crippen molar-refractivity contribution in [3.63, 3.8) is 0 Å². The summed E-state index contributed by atoms with van der Waals surface area (Å²) in [4.78, 5) is 49.6. The lowest BCUT2D eigenvalue weighted by Crippen LogP contribution is -2.35. The van der Waals surface area contributed by atoms with E-state index in [1.165, 1.54) is 25.3 Å². The van der Waals surface area contributed by atoms with E-state index in [0.29, 0.717) is 26.8 Å². The van der Waals surface area contributed by atoms with Gasteiger partial charge in [-0.3, -0.25) is 15.0 Å². The van der Waals surface area contributed by atoms with Gasteiger partial charge in [-0.2, -0.15) is 33.2 Å². The Morgan fingerprint density at radius 1 is 0.969 bits per heavy atom. The first-order chi connectivity index (χ1) is 29.9. The number of amides is 2. The Morgan fingerprint density at radius 2 is 1.66 bits per heavy atom. The van der Waals surface area contributed by atoms with Crippen LogP contribution in [0.2, 0.25) is 15.1 Å². The highest BCUT2D eigenvalue weighted by molar-refractivity contribution is 9.10. The van der Waals surface area contributed by atoms with Gasteiger partial charge >= 0.3 is 30.2 Å². The summed E-state index contributed by atoms with van der Waals surface area (Å²) in [5, 5.41) is 15.5. The van der Waals surface area contributed by atoms with Crippen LogP contribution in [0.1, 0.15) is 35.7 Å². The standard InChI is InChI=1S/C15H12BrClF4N2O2.C12H12ClN5O4S.C11H8ClNO3/c1-6(2)25-14(24)7-4-8(10(18)5-9(7)17)12-11(16)13(15(19,20)21)23(3)22-12;1-7-14-10(17-12(15-7)22-2)16-11(19)18-23(20,21)9-6-4-3-5-8(9)13;12-8-3-4-9(16-6-10(14)15)11-7(8)2-1-5-13-11/h4-6H,1-3H3;3-6H,1-2H3,(H2,14,15,16,17,18,19);1-5H,6H2,(H,14,15). The van der Waals surface area contributed by atoms with Gasteiger partial charge < -0.3 is 19.3 Å². The zero-order valence-corrected chi connectivity index (χ0v) is 38.1. The average Bonchev–Trinajstić information content (AvgIpc) is 3.50. The van der Waals surface area contributed by atoms with Gasteiger partial charge in [0.05, 0.1) is 38.3 Å². The third-order valence-electron chi connectivity index (χ3n) is 7.65. The van der Waals surface area contributed by atoms with E-state index in [-0.39, 0.29) is 43.7 Å². The number of alkyl halides is 3. The van der Waals surface area contributed by atoms with Crippen molar-refractivity contribution in [3.8, 4) is 23.0 Å². The number of esters is 1. The van der Waals surface area contributed by atoms with Crippen molar-refractivity contribution < 1.29 is 59.7 Å². The predicted octanol–water partition coefficient (Wildman–Crippen LogP) is 8.93. The number of urea groups is 1. The number of sulfonamides is 1. The van der Waals surface area contributed by atoms with Crippen LogP contribution in [0.4, 0.5) is 28.3 Å². The van der Waals surface area contributed by atoms with Gasteiger partial charge in [0.2, 0.25) is 5.95 Å². The first-order valence-electron chi connectivity index (χ1n) is 17.7. The lowest BCUT2D eigenvalue weighted by molar-refractivity contribution is -0.144. The highest BCUT2D eigenvalue weighted by Crippen LogP contribution is 2.41. The molecule has 0 aliphatic rings. The summed E-state index contributed by atoms with van der Waals surface area (Å²) in [7, 11) is -1.70. The van der Waals surface area contributed by atoms with Gasteiger partial charge in [0, 0.05) is 24.2 Å². The van der Waals surface area contributed by atoms with Crippen molar-refractivity contribution in [2.75, 3.05) is 19.0 Å². The molecule has 3 aromatic carbocycles. The third-order valence-corrected chi connectivity index (χ3v) is 10.9. The van der Waals surface area contributed by atoms with Crippen LogP contribution in [-0.4, -0.2) is 81.0 Å². The number of nitrogens with one attached hydrogen (secondary N) is 2. The molecule has 0 bridgehead atoms. The second-order valence-electron chi connectivity index (χ2n) is 12.7. The number of ether oxygens (including phenoxy) is 3. The molecule has 6 rings (SSSR count). The first-order valence-corrected chi connectivity index (χ1v) is 21.1. The molecule has 0 saturated heterocycles. The number of hydrogen-bond acceptors (Lipinski definition) is 13. The van der Waals surface area contributed by atoms with Gasteiger partial charge in [-0.05, 0) is 85.2 Å². The highest BCUT2D eigenvalue weighted by Gasteiger charge is 2.39. The van der Waals surface area contributed by atoms with E-state index in [1.807, 2.05) is 4.72 Å². The van der Waals surface area contributed by atoms with Crippen molar-refractivity contribution in [1.82, 2.24) is 34.4 Å². The molecule has 17 nitrogen and oxygen atoms in total. The maximum atomic E-state index is 14.3. The van der Waals surface area contributed by atoms with Crippen molar-refractivity contribution in [2.24, 2.45) is 7.05 Å². The molecule has 0 atom stereocenters. The molecule has 0 radical (unpaired) electrons. The number of anilines is 1. The quantitative estimate of drug-likeness (QED) is 0.0860. The number of benzene rings is 3. The summed E-state index contributed by atoms with van der Waals surface area (Å²) in [6.07, 6.45) is -3.54. The summed E-state index contributed by atoms with van der Waals surface area (Å²) < 4.78 is 94.6. The second kappa shape index (κ2) is 21.7. The van der Waals surface area contributed by atoms with Gasteiger partial charge in [0.15, 0.2) is 12.3 Å². The maximum Gasteiger partial charge on any atom is 0.434 e. The second-order valence-corrected chi connectivity index (χ2v) is 16.4. The van der Waals surface area contributed by atoms with E-state index < -0.39 is 62.9 Å². The van der Waals surface area contributed by atoms with Gasteiger partial charge in [0.1, 0.15) is 33.5 Å². The number of carbonyl (C=O) groups excluding carboxylic acids is 2. The Morgan fingerprint density at radius 3 is 2.27 bits per heavy atom. The number of aliphatic carboxylic acids is 1. The number of carboxylic acid groups (broad SMARTS) is 1. The Labute approximate surface area is 384 Å². The van der Waals surface area contributed by atoms with Crippen molar-refractivity contribution in [2.45, 2.75) is 37.9 Å². The van der Waals surface area contributed by atoms with Gasteiger partial charge in [0.25, 0.3) is 10.0 Å². The number of aromatic nitrogens is 6. The van der Waals surface area contributed by atoms with Gasteiger partial charge in [-0.25, -0.2) is 31.9 Å². The Kier molecular flexibility index (Phi) is 17.2. The summed E-state index contributed by atoms with van der Waals surface area (Å²) in [5.41, 5.74) is -1.29. The minimum atomic E-state index is -4.69. The molecule has 0 fully saturated rings. The number of hydrogen-bond donors (Lipinski definition) is 3. The third kappa shape index (κ3) is 13.3. The molecule has 3 aromatic heterocycles. The number of aryl methyl sites for hydroxylation is 2. The molecule has 0 unspecified atom stereocenters. The number of carboxylic acids is 1. The van der Waals surface area contributed by atoms with Crippen LogP contribution >= 0.6 is 50.7 Å². The van der Waals surface area contributed by atoms with Gasteiger partial charge in [-0.15, -0.1) is 0 Å². The summed E-state index contributed by atoms with van der Waals surface area (Å²) >= 11 is 20.5. The van der Waals surface area contributed by atoms with Crippen molar-refractivity contribution in [1.29, 1.82) is 0 Å². The number of fused-ring (bicyclic) bond motifs is 1. The van der Waals surface area contributed by atoms with E-state index in [0.717, 1.165) is 24.6 Å². The van der Waals surface area contributed by atoms with Crippen molar-refractivity contribution in [3.05, 3.63) is 109 Å². The van der Waals surface area contributed by atoms with Crippen LogP contribution < -0.4 is 19.5 Å². The molecule has 2 amide bonds. The fourth-order valence-corrected chi connectivity index (χ4v) is 7.73. The lowest BCUT2D eigenvalue weighted by Gasteiger charge is -2.11. The zero-order chi connectivity index (χ0) is 47.7. The molecular formula is C38H32BrCl3F4N8O9S. The molecule has 3 N–H and O–H groups in total. The molecule has 340 valence electrons. The summed E-state index contributed by atoms with van der Waals surface area (Å²) in [6.45, 7) is 4.39. The van der Waals surface area contributed by atoms with Crippen LogP contribution in [-0.2, 0) is 32.8 Å². The van der Waals surface area contributed by atoms with Crippen LogP contribution in [0, 0.1) is 12.7 Å².